The first kappa shape index (κ1) is 18.2. The summed E-state index contributed by atoms with van der Waals surface area (Å²) in [5.41, 5.74) is 4.20. The van der Waals surface area contributed by atoms with Gasteiger partial charge in [-0.3, -0.25) is 9.89 Å². The van der Waals surface area contributed by atoms with Crippen molar-refractivity contribution < 1.29 is 9.53 Å². The van der Waals surface area contributed by atoms with Crippen LogP contribution in [0.15, 0.2) is 42.3 Å². The van der Waals surface area contributed by atoms with Crippen molar-refractivity contribution in [1.29, 1.82) is 0 Å². The van der Waals surface area contributed by atoms with E-state index in [2.05, 4.69) is 51.0 Å². The van der Waals surface area contributed by atoms with Crippen LogP contribution in [0.1, 0.15) is 30.0 Å². The molecule has 0 bridgehead atoms. The second-order valence-corrected chi connectivity index (χ2v) is 5.03. The Bertz CT molecular complexity index is 723. The lowest BCUT2D eigenvalue weighted by molar-refractivity contribution is 0.0945. The molecule has 0 atom stereocenters. The Morgan fingerprint density at radius 3 is 2.88 bits per heavy atom. The van der Waals surface area contributed by atoms with E-state index >= 15 is 0 Å². The fourth-order valence-corrected chi connectivity index (χ4v) is 2.22. The number of hydrazone groups is 1. The van der Waals surface area contributed by atoms with Crippen molar-refractivity contribution in [2.75, 3.05) is 24.6 Å². The van der Waals surface area contributed by atoms with Gasteiger partial charge in [0.1, 0.15) is 18.7 Å². The van der Waals surface area contributed by atoms with E-state index in [4.69, 9.17) is 4.74 Å². The highest BCUT2D eigenvalue weighted by Gasteiger charge is 2.09. The molecule has 132 valence electrons. The van der Waals surface area contributed by atoms with Gasteiger partial charge in [0, 0.05) is 30.4 Å². The van der Waals surface area contributed by atoms with Crippen molar-refractivity contribution in [2.45, 2.75) is 13.8 Å². The first-order valence-electron chi connectivity index (χ1n) is 8.01. The molecular weight excluding hydrogens is 320 g/mol. The quantitative estimate of drug-likeness (QED) is 0.413. The van der Waals surface area contributed by atoms with Crippen molar-refractivity contribution in [3.8, 4) is 5.75 Å². The van der Waals surface area contributed by atoms with Crippen molar-refractivity contribution in [3.63, 3.8) is 0 Å². The predicted molar refractivity (Wildman–Crippen MR) is 97.1 cm³/mol. The highest BCUT2D eigenvalue weighted by atomic mass is 16.5. The number of nitrogens with one attached hydrogen (secondary N) is 2. The lowest BCUT2D eigenvalue weighted by atomic mass is 10.2. The van der Waals surface area contributed by atoms with E-state index in [0.717, 1.165) is 24.3 Å². The number of rotatable bonds is 9. The molecule has 0 unspecified atom stereocenters. The van der Waals surface area contributed by atoms with Crippen LogP contribution in [0.3, 0.4) is 0 Å². The number of hydrogen-bond donors (Lipinski definition) is 2. The molecule has 1 amide bonds. The van der Waals surface area contributed by atoms with Crippen molar-refractivity contribution >= 4 is 17.8 Å². The van der Waals surface area contributed by atoms with Crippen LogP contribution in [0.4, 0.5) is 5.69 Å². The van der Waals surface area contributed by atoms with Crippen molar-refractivity contribution in [1.82, 2.24) is 20.6 Å². The fourth-order valence-electron chi connectivity index (χ4n) is 2.22. The molecule has 0 fully saturated rings. The largest absolute Gasteiger partial charge is 0.489 e. The van der Waals surface area contributed by atoms with Gasteiger partial charge in [-0.25, -0.2) is 10.4 Å². The van der Waals surface area contributed by atoms with Gasteiger partial charge in [-0.1, -0.05) is 12.7 Å². The number of carbonyl (C=O) groups is 1. The minimum atomic E-state index is -0.470. The number of aromatic nitrogens is 3. The van der Waals surface area contributed by atoms with Gasteiger partial charge < -0.3 is 9.64 Å². The normalized spacial score (nSPS) is 10.6. The SMILES string of the molecule is C=CCOc1cc(N(CC)CC)ccc1/C=N/NC(=O)c1ncn[nH]1. The highest BCUT2D eigenvalue weighted by Crippen LogP contribution is 2.25. The molecular formula is C17H22N6O2. The molecule has 0 saturated heterocycles. The Kier molecular flexibility index (Phi) is 6.70. The Labute approximate surface area is 146 Å². The number of nitrogens with zero attached hydrogens (tertiary/aromatic N) is 4. The number of ether oxygens (including phenoxy) is 1. The average Bonchev–Trinajstić information content (AvgIpc) is 3.17. The molecule has 1 aromatic carbocycles. The monoisotopic (exact) mass is 342 g/mol. The van der Waals surface area contributed by atoms with Gasteiger partial charge in [-0.15, -0.1) is 0 Å². The minimum Gasteiger partial charge on any atom is -0.489 e. The van der Waals surface area contributed by atoms with E-state index in [0.29, 0.717) is 12.4 Å². The van der Waals surface area contributed by atoms with Gasteiger partial charge in [0.2, 0.25) is 5.82 Å². The number of H-pyrrole nitrogens is 1. The first-order valence-corrected chi connectivity index (χ1v) is 8.01. The van der Waals surface area contributed by atoms with Gasteiger partial charge in [-0.05, 0) is 26.0 Å². The standard InChI is InChI=1S/C17H22N6O2/c1-4-9-25-15-10-14(23(5-2)6-3)8-7-13(15)11-19-22-17(24)16-18-12-20-21-16/h4,7-8,10-12H,1,5-6,9H2,2-3H3,(H,22,24)(H,18,20,21)/b19-11+. The fraction of sp³-hybridized carbons (Fsp3) is 0.294. The third-order valence-corrected chi connectivity index (χ3v) is 3.48. The number of carbonyl (C=O) groups excluding carboxylic acids is 1. The summed E-state index contributed by atoms with van der Waals surface area (Å²) >= 11 is 0. The molecule has 8 nitrogen and oxygen atoms in total. The molecule has 1 heterocycles. The zero-order valence-corrected chi connectivity index (χ0v) is 14.4. The van der Waals surface area contributed by atoms with Crippen LogP contribution in [0.2, 0.25) is 0 Å². The summed E-state index contributed by atoms with van der Waals surface area (Å²) in [4.78, 5) is 17.7. The first-order chi connectivity index (χ1) is 12.2. The molecule has 25 heavy (non-hydrogen) atoms. The van der Waals surface area contributed by atoms with Gasteiger partial charge in [-0.2, -0.15) is 10.2 Å². The summed E-state index contributed by atoms with van der Waals surface area (Å²) in [7, 11) is 0. The van der Waals surface area contributed by atoms with Crippen LogP contribution in [0.5, 0.6) is 5.75 Å². The molecule has 0 radical (unpaired) electrons. The number of amides is 1. The van der Waals surface area contributed by atoms with Crippen LogP contribution in [-0.2, 0) is 0 Å². The molecule has 0 spiro atoms. The average molecular weight is 342 g/mol. The van der Waals surface area contributed by atoms with Crippen LogP contribution in [0, 0.1) is 0 Å². The Balaban J connectivity index is 2.15. The highest BCUT2D eigenvalue weighted by molar-refractivity contribution is 5.91. The van der Waals surface area contributed by atoms with E-state index in [-0.39, 0.29) is 5.82 Å². The maximum absolute atomic E-state index is 11.8. The summed E-state index contributed by atoms with van der Waals surface area (Å²) in [5.74, 6) is 0.293. The second-order valence-electron chi connectivity index (χ2n) is 5.03. The maximum Gasteiger partial charge on any atom is 0.308 e. The predicted octanol–water partition coefficient (Wildman–Crippen LogP) is 1.98. The maximum atomic E-state index is 11.8. The summed E-state index contributed by atoms with van der Waals surface area (Å²) in [6, 6.07) is 5.85. The van der Waals surface area contributed by atoms with E-state index in [1.54, 1.807) is 6.08 Å². The van der Waals surface area contributed by atoms with Crippen LogP contribution >= 0.6 is 0 Å². The molecule has 0 saturated carbocycles. The van der Waals surface area contributed by atoms with Gasteiger partial charge in [0.05, 0.1) is 6.21 Å². The van der Waals surface area contributed by atoms with Gasteiger partial charge >= 0.3 is 5.91 Å². The van der Waals surface area contributed by atoms with E-state index < -0.39 is 5.91 Å². The smallest absolute Gasteiger partial charge is 0.308 e. The second kappa shape index (κ2) is 9.21. The zero-order chi connectivity index (χ0) is 18.1. The topological polar surface area (TPSA) is 95.5 Å². The van der Waals surface area contributed by atoms with Crippen LogP contribution < -0.4 is 15.1 Å². The van der Waals surface area contributed by atoms with E-state index in [1.807, 2.05) is 18.2 Å². The van der Waals surface area contributed by atoms with Gasteiger partial charge in [0.25, 0.3) is 0 Å². The molecule has 0 aliphatic heterocycles. The van der Waals surface area contributed by atoms with Crippen LogP contribution in [-0.4, -0.2) is 47.0 Å². The molecule has 0 aliphatic carbocycles. The Morgan fingerprint density at radius 1 is 1.44 bits per heavy atom. The molecule has 2 rings (SSSR count). The molecule has 2 aromatic rings. The minimum absolute atomic E-state index is 0.0946. The summed E-state index contributed by atoms with van der Waals surface area (Å²) in [6.45, 7) is 10.0. The molecule has 2 N–H and O–H groups in total. The van der Waals surface area contributed by atoms with Crippen LogP contribution in [0.25, 0.3) is 0 Å². The third kappa shape index (κ3) is 4.90. The molecule has 1 aromatic heterocycles. The molecule has 8 heteroatoms. The Hall–Kier alpha value is -3.16. The zero-order valence-electron chi connectivity index (χ0n) is 14.4. The lowest BCUT2D eigenvalue weighted by Gasteiger charge is -2.22. The van der Waals surface area contributed by atoms with Crippen molar-refractivity contribution in [2.24, 2.45) is 5.10 Å². The summed E-state index contributed by atoms with van der Waals surface area (Å²) in [6.07, 6.45) is 4.46. The number of hydrogen-bond acceptors (Lipinski definition) is 6. The van der Waals surface area contributed by atoms with E-state index in [1.165, 1.54) is 12.5 Å². The van der Waals surface area contributed by atoms with E-state index in [9.17, 15) is 4.79 Å². The summed E-state index contributed by atoms with van der Waals surface area (Å²) in [5, 5.41) is 10.0. The third-order valence-electron chi connectivity index (χ3n) is 3.48. The number of benzene rings is 1. The Morgan fingerprint density at radius 2 is 2.24 bits per heavy atom. The van der Waals surface area contributed by atoms with Crippen molar-refractivity contribution in [3.05, 3.63) is 48.6 Å². The lowest BCUT2D eigenvalue weighted by Crippen LogP contribution is -2.22. The number of anilines is 1. The number of aromatic amines is 1. The summed E-state index contributed by atoms with van der Waals surface area (Å²) < 4.78 is 5.72. The van der Waals surface area contributed by atoms with Gasteiger partial charge in [0.15, 0.2) is 0 Å². The molecule has 0 aliphatic rings.